The summed E-state index contributed by atoms with van der Waals surface area (Å²) in [7, 11) is 1.29. The van der Waals surface area contributed by atoms with Gasteiger partial charge in [-0.1, -0.05) is 53.8 Å². The molecule has 0 amide bonds. The summed E-state index contributed by atoms with van der Waals surface area (Å²) in [5, 5.41) is 11.1. The number of hydrogen-bond donors (Lipinski definition) is 0. The molecule has 1 aliphatic rings. The first kappa shape index (κ1) is 20.4. The fourth-order valence-electron chi connectivity index (χ4n) is 3.52. The Morgan fingerprint density at radius 2 is 1.97 bits per heavy atom. The number of allylic oxidation sites excluding steroid dienone is 1. The van der Waals surface area contributed by atoms with Gasteiger partial charge in [-0.3, -0.25) is 19.5 Å². The Labute approximate surface area is 180 Å². The van der Waals surface area contributed by atoms with Crippen molar-refractivity contribution in [3.63, 3.8) is 0 Å². The number of nitro groups is 1. The summed E-state index contributed by atoms with van der Waals surface area (Å²) in [5.41, 5.74) is 1.65. The minimum Gasteiger partial charge on any atom is -0.466 e. The number of benzene rings is 2. The van der Waals surface area contributed by atoms with E-state index >= 15 is 0 Å². The third-order valence-corrected chi connectivity index (χ3v) is 5.90. The second-order valence-electron chi connectivity index (χ2n) is 6.84. The summed E-state index contributed by atoms with van der Waals surface area (Å²) in [6, 6.07) is 14.5. The standard InChI is InChI=1S/C22H17N3O5S/c1-13-18(21(27)30-2)19(15-8-4-3-5-9-15)24-20(26)17(31-22(24)23-13)12-14-7-6-10-16(11-14)25(28)29/h3-12,19H,1-2H3. The van der Waals surface area contributed by atoms with Crippen molar-refractivity contribution in [3.05, 3.63) is 107 Å². The molecule has 2 heterocycles. The molecule has 0 saturated heterocycles. The third-order valence-electron chi connectivity index (χ3n) is 4.92. The fourth-order valence-corrected chi connectivity index (χ4v) is 4.57. The highest BCUT2D eigenvalue weighted by atomic mass is 32.1. The smallest absolute Gasteiger partial charge is 0.338 e. The Hall–Kier alpha value is -3.85. The average Bonchev–Trinajstić information content (AvgIpc) is 3.07. The highest BCUT2D eigenvalue weighted by Crippen LogP contribution is 2.30. The first-order valence-corrected chi connectivity index (χ1v) is 10.1. The van der Waals surface area contributed by atoms with Crippen molar-refractivity contribution < 1.29 is 14.5 Å². The zero-order chi connectivity index (χ0) is 22.1. The Morgan fingerprint density at radius 1 is 1.23 bits per heavy atom. The molecule has 156 valence electrons. The van der Waals surface area contributed by atoms with Gasteiger partial charge in [0.15, 0.2) is 4.80 Å². The van der Waals surface area contributed by atoms with E-state index in [0.29, 0.717) is 26.2 Å². The number of rotatable bonds is 4. The molecule has 3 aromatic rings. The maximum Gasteiger partial charge on any atom is 0.338 e. The van der Waals surface area contributed by atoms with E-state index in [2.05, 4.69) is 4.99 Å². The molecule has 31 heavy (non-hydrogen) atoms. The SMILES string of the molecule is COC(=O)C1=C(C)N=c2sc(=Cc3cccc([N+](=O)[O-])c3)c(=O)n2C1c1ccccc1. The van der Waals surface area contributed by atoms with Gasteiger partial charge in [-0.15, -0.1) is 0 Å². The number of fused-ring (bicyclic) bond motifs is 1. The van der Waals surface area contributed by atoms with Gasteiger partial charge in [0.1, 0.15) is 0 Å². The van der Waals surface area contributed by atoms with Crippen molar-refractivity contribution in [2.45, 2.75) is 13.0 Å². The maximum atomic E-state index is 13.4. The van der Waals surface area contributed by atoms with Gasteiger partial charge in [0.25, 0.3) is 11.2 Å². The fraction of sp³-hybridized carbons (Fsp3) is 0.136. The van der Waals surface area contributed by atoms with Crippen LogP contribution < -0.4 is 14.9 Å². The zero-order valence-electron chi connectivity index (χ0n) is 16.6. The lowest BCUT2D eigenvalue weighted by Crippen LogP contribution is -2.39. The van der Waals surface area contributed by atoms with Gasteiger partial charge in [0.05, 0.1) is 33.9 Å². The van der Waals surface area contributed by atoms with Crippen LogP contribution in [0.4, 0.5) is 5.69 Å². The van der Waals surface area contributed by atoms with Gasteiger partial charge in [0, 0.05) is 12.1 Å². The van der Waals surface area contributed by atoms with Crippen LogP contribution >= 0.6 is 11.3 Å². The number of thiazole rings is 1. The van der Waals surface area contributed by atoms with Crippen molar-refractivity contribution >= 4 is 29.1 Å². The van der Waals surface area contributed by atoms with Crippen LogP contribution in [0, 0.1) is 10.1 Å². The predicted molar refractivity (Wildman–Crippen MR) is 115 cm³/mol. The molecule has 1 atom stereocenters. The summed E-state index contributed by atoms with van der Waals surface area (Å²) in [4.78, 5) is 41.4. The maximum absolute atomic E-state index is 13.4. The molecule has 0 N–H and O–H groups in total. The topological polar surface area (TPSA) is 104 Å². The lowest BCUT2D eigenvalue weighted by atomic mass is 9.96. The quantitative estimate of drug-likeness (QED) is 0.355. The summed E-state index contributed by atoms with van der Waals surface area (Å²) in [5.74, 6) is -0.553. The lowest BCUT2D eigenvalue weighted by molar-refractivity contribution is -0.384. The molecule has 2 aromatic carbocycles. The number of nitro benzene ring substituents is 1. The summed E-state index contributed by atoms with van der Waals surface area (Å²) in [6.45, 7) is 1.71. The van der Waals surface area contributed by atoms with Crippen LogP contribution in [-0.2, 0) is 9.53 Å². The van der Waals surface area contributed by atoms with E-state index in [1.807, 2.05) is 30.3 Å². The van der Waals surface area contributed by atoms with Crippen LogP contribution in [0.3, 0.4) is 0 Å². The lowest BCUT2D eigenvalue weighted by Gasteiger charge is -2.24. The molecule has 1 aromatic heterocycles. The third kappa shape index (κ3) is 3.71. The number of carbonyl (C=O) groups excluding carboxylic acids is 1. The number of nitrogens with zero attached hydrogens (tertiary/aromatic N) is 3. The van der Waals surface area contributed by atoms with Crippen LogP contribution in [-0.4, -0.2) is 22.6 Å². The van der Waals surface area contributed by atoms with E-state index in [-0.39, 0.29) is 11.2 Å². The van der Waals surface area contributed by atoms with Gasteiger partial charge in [-0.25, -0.2) is 9.79 Å². The normalized spacial score (nSPS) is 15.9. The molecule has 9 heteroatoms. The van der Waals surface area contributed by atoms with Crippen molar-refractivity contribution in [2.75, 3.05) is 7.11 Å². The highest BCUT2D eigenvalue weighted by Gasteiger charge is 2.32. The largest absolute Gasteiger partial charge is 0.466 e. The summed E-state index contributed by atoms with van der Waals surface area (Å²) in [6.07, 6.45) is 1.59. The number of carbonyl (C=O) groups is 1. The van der Waals surface area contributed by atoms with Crippen molar-refractivity contribution in [1.82, 2.24) is 4.57 Å². The second kappa shape index (κ2) is 8.11. The van der Waals surface area contributed by atoms with Crippen molar-refractivity contribution in [1.29, 1.82) is 0 Å². The van der Waals surface area contributed by atoms with Crippen LogP contribution in [0.2, 0.25) is 0 Å². The van der Waals surface area contributed by atoms with E-state index in [1.54, 1.807) is 25.1 Å². The summed E-state index contributed by atoms with van der Waals surface area (Å²) >= 11 is 1.17. The molecule has 0 spiro atoms. The molecule has 1 unspecified atom stereocenters. The number of ether oxygens (including phenoxy) is 1. The number of aromatic nitrogens is 1. The first-order chi connectivity index (χ1) is 14.9. The van der Waals surface area contributed by atoms with Crippen LogP contribution in [0.15, 0.2) is 75.7 Å². The Bertz CT molecular complexity index is 1400. The Balaban J connectivity index is 1.95. The van der Waals surface area contributed by atoms with Crippen molar-refractivity contribution in [3.8, 4) is 0 Å². The highest BCUT2D eigenvalue weighted by molar-refractivity contribution is 7.07. The molecule has 4 rings (SSSR count). The number of esters is 1. The van der Waals surface area contributed by atoms with Crippen LogP contribution in [0.5, 0.6) is 0 Å². The van der Waals surface area contributed by atoms with E-state index < -0.39 is 16.9 Å². The molecule has 0 aliphatic carbocycles. The van der Waals surface area contributed by atoms with Gasteiger partial charge in [-0.2, -0.15) is 0 Å². The summed E-state index contributed by atoms with van der Waals surface area (Å²) < 4.78 is 6.80. The molecule has 8 nitrogen and oxygen atoms in total. The molecular formula is C22H17N3O5S. The molecule has 1 aliphatic heterocycles. The number of methoxy groups -OCH3 is 1. The number of hydrogen-bond acceptors (Lipinski definition) is 7. The molecular weight excluding hydrogens is 418 g/mol. The molecule has 0 fully saturated rings. The van der Waals surface area contributed by atoms with Gasteiger partial charge < -0.3 is 4.74 Å². The van der Waals surface area contributed by atoms with Gasteiger partial charge in [0.2, 0.25) is 0 Å². The second-order valence-corrected chi connectivity index (χ2v) is 7.85. The first-order valence-electron chi connectivity index (χ1n) is 9.31. The molecule has 0 saturated carbocycles. The van der Waals surface area contributed by atoms with E-state index in [1.165, 1.54) is 35.1 Å². The van der Waals surface area contributed by atoms with Crippen LogP contribution in [0.25, 0.3) is 6.08 Å². The molecule has 0 radical (unpaired) electrons. The van der Waals surface area contributed by atoms with Gasteiger partial charge >= 0.3 is 5.97 Å². The zero-order valence-corrected chi connectivity index (χ0v) is 17.5. The number of non-ortho nitro benzene ring substituents is 1. The average molecular weight is 435 g/mol. The van der Waals surface area contributed by atoms with E-state index in [9.17, 15) is 19.7 Å². The molecule has 0 bridgehead atoms. The predicted octanol–water partition coefficient (Wildman–Crippen LogP) is 2.32. The van der Waals surface area contributed by atoms with Crippen molar-refractivity contribution in [2.24, 2.45) is 4.99 Å². The minimum absolute atomic E-state index is 0.0625. The van der Waals surface area contributed by atoms with E-state index in [4.69, 9.17) is 4.74 Å². The van der Waals surface area contributed by atoms with Crippen LogP contribution in [0.1, 0.15) is 24.1 Å². The van der Waals surface area contributed by atoms with Gasteiger partial charge in [-0.05, 0) is 24.1 Å². The monoisotopic (exact) mass is 435 g/mol. The Morgan fingerprint density at radius 3 is 2.65 bits per heavy atom. The Kier molecular flexibility index (Phi) is 5.35. The minimum atomic E-state index is -0.683. The van der Waals surface area contributed by atoms with E-state index in [0.717, 1.165) is 5.56 Å².